The van der Waals surface area contributed by atoms with Gasteiger partial charge >= 0.3 is 5.69 Å². The van der Waals surface area contributed by atoms with Crippen LogP contribution in [0.1, 0.15) is 0 Å². The van der Waals surface area contributed by atoms with Crippen molar-refractivity contribution in [2.75, 3.05) is 19.0 Å². The third-order valence-corrected chi connectivity index (χ3v) is 4.95. The zero-order valence-electron chi connectivity index (χ0n) is 14.4. The van der Waals surface area contributed by atoms with Crippen LogP contribution in [0.15, 0.2) is 32.5 Å². The fraction of sp³-hybridized carbons (Fsp3) is 0.312. The van der Waals surface area contributed by atoms with Crippen molar-refractivity contribution in [2.24, 2.45) is 14.1 Å². The van der Waals surface area contributed by atoms with Crippen molar-refractivity contribution in [1.82, 2.24) is 18.7 Å². The maximum Gasteiger partial charge on any atom is 0.332 e. The molecule has 10 heteroatoms. The number of rotatable bonds is 5. The van der Waals surface area contributed by atoms with Crippen LogP contribution in [0.25, 0.3) is 11.2 Å². The summed E-state index contributed by atoms with van der Waals surface area (Å²) >= 11 is 9.40. The van der Waals surface area contributed by atoms with E-state index < -0.39 is 5.69 Å². The van der Waals surface area contributed by atoms with Crippen LogP contribution in [0.4, 0.5) is 5.69 Å². The summed E-state index contributed by atoms with van der Waals surface area (Å²) in [5.41, 5.74) is 0.649. The van der Waals surface area contributed by atoms with Crippen molar-refractivity contribution in [3.05, 3.63) is 48.8 Å². The first-order valence-electron chi connectivity index (χ1n) is 7.74. The van der Waals surface area contributed by atoms with Crippen molar-refractivity contribution in [1.29, 1.82) is 0 Å². The van der Waals surface area contributed by atoms with E-state index in [9.17, 15) is 9.59 Å². The number of ether oxygens (including phenoxy) is 1. The summed E-state index contributed by atoms with van der Waals surface area (Å²) in [4.78, 5) is 28.9. The maximum atomic E-state index is 12.5. The Morgan fingerprint density at radius 2 is 2.00 bits per heavy atom. The van der Waals surface area contributed by atoms with Crippen molar-refractivity contribution in [3.8, 4) is 5.75 Å². The van der Waals surface area contributed by atoms with Gasteiger partial charge in [0.05, 0.1) is 12.8 Å². The first-order valence-corrected chi connectivity index (χ1v) is 8.91. The minimum Gasteiger partial charge on any atom is -0.495 e. The van der Waals surface area contributed by atoms with Crippen molar-refractivity contribution in [3.63, 3.8) is 0 Å². The Hall–Kier alpha value is -2.26. The molecule has 1 aromatic carbocycles. The van der Waals surface area contributed by atoms with Crippen LogP contribution in [-0.2, 0) is 20.6 Å². The van der Waals surface area contributed by atoms with Crippen LogP contribution < -0.4 is 21.3 Å². The molecular weight excluding hydrogens is 426 g/mol. The molecule has 0 aliphatic heterocycles. The second-order valence-electron chi connectivity index (χ2n) is 5.68. The monoisotopic (exact) mass is 441 g/mol. The van der Waals surface area contributed by atoms with Crippen LogP contribution in [-0.4, -0.2) is 32.3 Å². The number of nitrogens with one attached hydrogen (secondary N) is 1. The first kappa shape index (κ1) is 18.5. The molecule has 0 fully saturated rings. The number of fused-ring (bicyclic) bond motifs is 1. The molecule has 26 heavy (non-hydrogen) atoms. The molecule has 0 unspecified atom stereocenters. The fourth-order valence-electron chi connectivity index (χ4n) is 2.74. The summed E-state index contributed by atoms with van der Waals surface area (Å²) in [6, 6.07) is 5.29. The molecule has 0 saturated carbocycles. The van der Waals surface area contributed by atoms with Crippen LogP contribution in [0.5, 0.6) is 5.75 Å². The lowest BCUT2D eigenvalue weighted by molar-refractivity contribution is 0.416. The Kier molecular flexibility index (Phi) is 5.10. The SMILES string of the molecule is COc1ccc(Cl)cc1NCCn1c(Br)nc2c1c(=O)n(C)c(=O)n2C. The minimum atomic E-state index is -0.415. The number of methoxy groups -OCH3 is 1. The van der Waals surface area contributed by atoms with E-state index in [4.69, 9.17) is 16.3 Å². The number of hydrogen-bond acceptors (Lipinski definition) is 5. The second kappa shape index (κ2) is 7.16. The largest absolute Gasteiger partial charge is 0.495 e. The molecule has 1 N–H and O–H groups in total. The average Bonchev–Trinajstić information content (AvgIpc) is 2.95. The molecule has 8 nitrogen and oxygen atoms in total. The van der Waals surface area contributed by atoms with E-state index in [2.05, 4.69) is 26.2 Å². The first-order chi connectivity index (χ1) is 12.3. The Morgan fingerprint density at radius 1 is 1.27 bits per heavy atom. The summed E-state index contributed by atoms with van der Waals surface area (Å²) in [6.07, 6.45) is 0. The molecule has 3 rings (SSSR count). The summed E-state index contributed by atoms with van der Waals surface area (Å²) in [5.74, 6) is 0.669. The predicted molar refractivity (Wildman–Crippen MR) is 104 cm³/mol. The lowest BCUT2D eigenvalue weighted by Crippen LogP contribution is -2.37. The van der Waals surface area contributed by atoms with Crippen molar-refractivity contribution < 1.29 is 4.74 Å². The number of aromatic nitrogens is 4. The molecule has 0 amide bonds. The van der Waals surface area contributed by atoms with E-state index in [1.54, 1.807) is 36.9 Å². The Morgan fingerprint density at radius 3 is 2.69 bits per heavy atom. The van der Waals surface area contributed by atoms with Gasteiger partial charge in [0.15, 0.2) is 15.9 Å². The van der Waals surface area contributed by atoms with Gasteiger partial charge in [0.2, 0.25) is 0 Å². The molecule has 2 aromatic heterocycles. The molecular formula is C16H17BrClN5O3. The van der Waals surface area contributed by atoms with Gasteiger partial charge in [-0.1, -0.05) is 11.6 Å². The van der Waals surface area contributed by atoms with Gasteiger partial charge in [0, 0.05) is 32.2 Å². The van der Waals surface area contributed by atoms with Gasteiger partial charge in [-0.15, -0.1) is 0 Å². The molecule has 0 aliphatic rings. The lowest BCUT2D eigenvalue weighted by Gasteiger charge is -2.12. The third kappa shape index (κ3) is 3.12. The number of aryl methyl sites for hydroxylation is 1. The summed E-state index contributed by atoms with van der Waals surface area (Å²) in [5, 5.41) is 3.83. The standard InChI is InChI=1S/C16H17BrClN5O3/c1-21-13-12(14(24)22(2)16(21)25)23(15(17)20-13)7-6-19-10-8-9(18)4-5-11(10)26-3/h4-5,8,19H,6-7H2,1-3H3. The molecule has 0 spiro atoms. The van der Waals surface area contributed by atoms with Gasteiger partial charge in [0.1, 0.15) is 5.75 Å². The summed E-state index contributed by atoms with van der Waals surface area (Å²) in [7, 11) is 4.62. The second-order valence-corrected chi connectivity index (χ2v) is 6.83. The zero-order valence-corrected chi connectivity index (χ0v) is 16.8. The highest BCUT2D eigenvalue weighted by Gasteiger charge is 2.17. The molecule has 3 aromatic rings. The minimum absolute atomic E-state index is 0.338. The van der Waals surface area contributed by atoms with E-state index >= 15 is 0 Å². The van der Waals surface area contributed by atoms with Gasteiger partial charge < -0.3 is 14.6 Å². The molecule has 0 radical (unpaired) electrons. The van der Waals surface area contributed by atoms with Crippen LogP contribution in [0, 0.1) is 0 Å². The number of hydrogen-bond donors (Lipinski definition) is 1. The third-order valence-electron chi connectivity index (χ3n) is 4.11. The highest BCUT2D eigenvalue weighted by Crippen LogP contribution is 2.27. The van der Waals surface area contributed by atoms with Gasteiger partial charge in [-0.05, 0) is 34.1 Å². The average molecular weight is 443 g/mol. The van der Waals surface area contributed by atoms with Gasteiger partial charge in [-0.3, -0.25) is 13.9 Å². The number of anilines is 1. The number of nitrogens with zero attached hydrogens (tertiary/aromatic N) is 4. The highest BCUT2D eigenvalue weighted by molar-refractivity contribution is 9.10. The number of benzene rings is 1. The topological polar surface area (TPSA) is 83.1 Å². The van der Waals surface area contributed by atoms with E-state index in [-0.39, 0.29) is 5.56 Å². The molecule has 0 aliphatic carbocycles. The normalized spacial score (nSPS) is 11.1. The summed E-state index contributed by atoms with van der Waals surface area (Å²) < 4.78 is 9.93. The van der Waals surface area contributed by atoms with Gasteiger partial charge in [-0.2, -0.15) is 0 Å². The fourth-order valence-corrected chi connectivity index (χ4v) is 3.44. The van der Waals surface area contributed by atoms with Crippen LogP contribution >= 0.6 is 27.5 Å². The van der Waals surface area contributed by atoms with E-state index in [1.807, 2.05) is 0 Å². The molecule has 138 valence electrons. The Labute approximate surface area is 162 Å². The van der Waals surface area contributed by atoms with Gasteiger partial charge in [0.25, 0.3) is 5.56 Å². The van der Waals surface area contributed by atoms with Crippen LogP contribution in [0.2, 0.25) is 5.02 Å². The Bertz CT molecular complexity index is 1100. The van der Waals surface area contributed by atoms with E-state index in [0.29, 0.717) is 39.8 Å². The lowest BCUT2D eigenvalue weighted by atomic mass is 10.3. The molecule has 0 bridgehead atoms. The molecule has 0 atom stereocenters. The smallest absolute Gasteiger partial charge is 0.332 e. The molecule has 2 heterocycles. The Balaban J connectivity index is 1.93. The van der Waals surface area contributed by atoms with E-state index in [0.717, 1.165) is 10.3 Å². The van der Waals surface area contributed by atoms with E-state index in [1.165, 1.54) is 11.6 Å². The van der Waals surface area contributed by atoms with Crippen molar-refractivity contribution in [2.45, 2.75) is 6.54 Å². The summed E-state index contributed by atoms with van der Waals surface area (Å²) in [6.45, 7) is 0.937. The molecule has 0 saturated heterocycles. The van der Waals surface area contributed by atoms with Crippen LogP contribution in [0.3, 0.4) is 0 Å². The quantitative estimate of drug-likeness (QED) is 0.611. The van der Waals surface area contributed by atoms with Gasteiger partial charge in [-0.25, -0.2) is 9.78 Å². The predicted octanol–water partition coefficient (Wildman–Crippen LogP) is 1.97. The zero-order chi connectivity index (χ0) is 19.0. The van der Waals surface area contributed by atoms with Crippen molar-refractivity contribution >= 4 is 44.4 Å². The number of imidazole rings is 1. The number of halogens is 2. The maximum absolute atomic E-state index is 12.5. The highest BCUT2D eigenvalue weighted by atomic mass is 79.9.